The molecule has 0 radical (unpaired) electrons. The van der Waals surface area contributed by atoms with Crippen molar-refractivity contribution in [1.29, 1.82) is 0 Å². The fraction of sp³-hybridized carbons (Fsp3) is 0.385. The third kappa shape index (κ3) is 5.89. The van der Waals surface area contributed by atoms with Crippen LogP contribution < -0.4 is 25.0 Å². The summed E-state index contributed by atoms with van der Waals surface area (Å²) in [6.07, 6.45) is 3.68. The highest BCUT2D eigenvalue weighted by atomic mass is 32.2. The lowest BCUT2D eigenvalue weighted by molar-refractivity contribution is -0.114. The van der Waals surface area contributed by atoms with Crippen molar-refractivity contribution in [3.05, 3.63) is 36.5 Å². The molecule has 0 spiro atoms. The third-order valence-electron chi connectivity index (χ3n) is 5.89. The molecule has 194 valence electrons. The van der Waals surface area contributed by atoms with Gasteiger partial charge >= 0.3 is 0 Å². The second kappa shape index (κ2) is 10.4. The Labute approximate surface area is 220 Å². The van der Waals surface area contributed by atoms with Crippen molar-refractivity contribution in [2.45, 2.75) is 31.4 Å². The van der Waals surface area contributed by atoms with Crippen LogP contribution in [0.25, 0.3) is 11.3 Å². The van der Waals surface area contributed by atoms with Gasteiger partial charge in [-0.15, -0.1) is 11.8 Å². The molecule has 5 heterocycles. The molecular formula is C26H30N6O4S. The average Bonchev–Trinajstić information content (AvgIpc) is 2.88. The van der Waals surface area contributed by atoms with Crippen molar-refractivity contribution < 1.29 is 19.0 Å². The summed E-state index contributed by atoms with van der Waals surface area (Å²) in [6, 6.07) is 9.61. The number of hydrogen-bond donors (Lipinski definition) is 2. The van der Waals surface area contributed by atoms with E-state index in [0.717, 1.165) is 29.4 Å². The summed E-state index contributed by atoms with van der Waals surface area (Å²) in [6.45, 7) is 8.82. The lowest BCUT2D eigenvalue weighted by Gasteiger charge is -2.31. The first-order chi connectivity index (χ1) is 17.8. The number of aromatic nitrogens is 3. The van der Waals surface area contributed by atoms with E-state index in [-0.39, 0.29) is 5.91 Å². The molecule has 0 aliphatic carbocycles. The van der Waals surface area contributed by atoms with Crippen molar-refractivity contribution >= 4 is 40.7 Å². The number of thioether (sulfide) groups is 1. The Morgan fingerprint density at radius 1 is 1.11 bits per heavy atom. The number of ether oxygens (including phenoxy) is 3. The average molecular weight is 523 g/mol. The van der Waals surface area contributed by atoms with E-state index in [4.69, 9.17) is 24.2 Å². The quantitative estimate of drug-likeness (QED) is 0.453. The second-order valence-electron chi connectivity index (χ2n) is 9.42. The number of hydrogen-bond acceptors (Lipinski definition) is 10. The van der Waals surface area contributed by atoms with Gasteiger partial charge in [-0.25, -0.2) is 15.0 Å². The predicted octanol–water partition coefficient (Wildman–Crippen LogP) is 4.35. The minimum atomic E-state index is -0.420. The summed E-state index contributed by atoms with van der Waals surface area (Å²) >= 11 is 1.58. The number of morpholine rings is 1. The first kappa shape index (κ1) is 25.1. The van der Waals surface area contributed by atoms with Crippen molar-refractivity contribution in [3.8, 4) is 22.9 Å². The lowest BCUT2D eigenvalue weighted by atomic mass is 10.1. The lowest BCUT2D eigenvalue weighted by Crippen LogP contribution is -2.39. The SMILES string of the molecule is CSc1cc(N2CCOCC2)cc(Nc2cc(NC(C)=O)ncc2-c2ccc3c(n2)OCC(C)(C)O3)n1. The van der Waals surface area contributed by atoms with Crippen molar-refractivity contribution in [2.24, 2.45) is 0 Å². The third-order valence-corrected chi connectivity index (χ3v) is 6.51. The van der Waals surface area contributed by atoms with Gasteiger partial charge in [-0.05, 0) is 38.3 Å². The van der Waals surface area contributed by atoms with Crippen molar-refractivity contribution in [2.75, 3.05) is 54.7 Å². The maximum absolute atomic E-state index is 11.7. The van der Waals surface area contributed by atoms with E-state index in [0.29, 0.717) is 54.5 Å². The van der Waals surface area contributed by atoms with Crippen LogP contribution in [0.4, 0.5) is 23.0 Å². The number of amides is 1. The van der Waals surface area contributed by atoms with Crippen LogP contribution in [0.5, 0.6) is 11.6 Å². The van der Waals surface area contributed by atoms with E-state index in [2.05, 4.69) is 26.6 Å². The Balaban J connectivity index is 1.52. The highest BCUT2D eigenvalue weighted by molar-refractivity contribution is 7.98. The van der Waals surface area contributed by atoms with Gasteiger partial charge in [0, 0.05) is 49.6 Å². The monoisotopic (exact) mass is 522 g/mol. The van der Waals surface area contributed by atoms with Gasteiger partial charge in [0.1, 0.15) is 28.9 Å². The van der Waals surface area contributed by atoms with E-state index < -0.39 is 5.60 Å². The van der Waals surface area contributed by atoms with Gasteiger partial charge in [0.05, 0.1) is 24.6 Å². The second-order valence-corrected chi connectivity index (χ2v) is 10.3. The maximum Gasteiger partial charge on any atom is 0.257 e. The van der Waals surface area contributed by atoms with Crippen LogP contribution in [-0.4, -0.2) is 65.6 Å². The highest BCUT2D eigenvalue weighted by Gasteiger charge is 2.29. The number of fused-ring (bicyclic) bond motifs is 1. The Morgan fingerprint density at radius 3 is 2.68 bits per heavy atom. The summed E-state index contributed by atoms with van der Waals surface area (Å²) in [5, 5.41) is 7.09. The van der Waals surface area contributed by atoms with Gasteiger partial charge in [0.25, 0.3) is 5.88 Å². The highest BCUT2D eigenvalue weighted by Crippen LogP contribution is 2.38. The van der Waals surface area contributed by atoms with Crippen LogP contribution in [-0.2, 0) is 9.53 Å². The first-order valence-corrected chi connectivity index (χ1v) is 13.3. The number of pyridine rings is 3. The van der Waals surface area contributed by atoms with E-state index in [9.17, 15) is 4.79 Å². The fourth-order valence-electron chi connectivity index (χ4n) is 4.14. The molecule has 0 aromatic carbocycles. The topological polar surface area (TPSA) is 111 Å². The Kier molecular flexibility index (Phi) is 7.07. The summed E-state index contributed by atoms with van der Waals surface area (Å²) in [7, 11) is 0. The molecule has 0 saturated carbocycles. The van der Waals surface area contributed by atoms with Gasteiger partial charge in [-0.2, -0.15) is 0 Å². The van der Waals surface area contributed by atoms with Crippen molar-refractivity contribution in [3.63, 3.8) is 0 Å². The smallest absolute Gasteiger partial charge is 0.257 e. The van der Waals surface area contributed by atoms with Gasteiger partial charge in [0.2, 0.25) is 5.91 Å². The Morgan fingerprint density at radius 2 is 1.92 bits per heavy atom. The molecule has 1 saturated heterocycles. The van der Waals surface area contributed by atoms with Crippen LogP contribution in [0.1, 0.15) is 20.8 Å². The first-order valence-electron chi connectivity index (χ1n) is 12.1. The predicted molar refractivity (Wildman–Crippen MR) is 144 cm³/mol. The molecule has 1 fully saturated rings. The molecule has 2 aliphatic rings. The molecule has 0 unspecified atom stereocenters. The van der Waals surface area contributed by atoms with Gasteiger partial charge in [-0.1, -0.05) is 0 Å². The number of nitrogens with one attached hydrogen (secondary N) is 2. The normalized spacial score (nSPS) is 16.3. The summed E-state index contributed by atoms with van der Waals surface area (Å²) in [5.74, 6) is 1.93. The molecule has 37 heavy (non-hydrogen) atoms. The van der Waals surface area contributed by atoms with E-state index in [1.165, 1.54) is 6.92 Å². The van der Waals surface area contributed by atoms with Crippen LogP contribution in [0, 0.1) is 0 Å². The van der Waals surface area contributed by atoms with E-state index in [1.54, 1.807) is 24.0 Å². The van der Waals surface area contributed by atoms with E-state index in [1.807, 2.05) is 38.3 Å². The molecular weight excluding hydrogens is 492 g/mol. The zero-order chi connectivity index (χ0) is 26.0. The molecule has 1 amide bonds. The number of rotatable bonds is 6. The maximum atomic E-state index is 11.7. The van der Waals surface area contributed by atoms with E-state index >= 15 is 0 Å². The molecule has 2 aliphatic heterocycles. The molecule has 10 nitrogen and oxygen atoms in total. The number of carbonyl (C=O) groups excluding carboxylic acids is 1. The summed E-state index contributed by atoms with van der Waals surface area (Å²) < 4.78 is 17.4. The van der Waals surface area contributed by atoms with Crippen LogP contribution in [0.3, 0.4) is 0 Å². The molecule has 2 N–H and O–H groups in total. The number of anilines is 4. The molecule has 3 aromatic heterocycles. The standard InChI is InChI=1S/C26H30N6O4S/c1-16(33)28-22-13-20(29-23-11-17(12-24(31-23)37-4)32-7-9-34-10-8-32)18(14-27-22)19-5-6-21-25(30-19)35-15-26(2,3)36-21/h5-6,11-14H,7-10,15H2,1-4H3,(H2,27,28,29,31,33). The zero-order valence-electron chi connectivity index (χ0n) is 21.3. The fourth-order valence-corrected chi connectivity index (χ4v) is 4.57. The van der Waals surface area contributed by atoms with Gasteiger partial charge in [-0.3, -0.25) is 4.79 Å². The Bertz CT molecular complexity index is 1310. The minimum Gasteiger partial charge on any atom is -0.479 e. The summed E-state index contributed by atoms with van der Waals surface area (Å²) in [4.78, 5) is 27.9. The van der Waals surface area contributed by atoms with Crippen molar-refractivity contribution in [1.82, 2.24) is 15.0 Å². The molecule has 0 bridgehead atoms. The number of carbonyl (C=O) groups is 1. The molecule has 5 rings (SSSR count). The van der Waals surface area contributed by atoms with Gasteiger partial charge < -0.3 is 29.7 Å². The Hall–Kier alpha value is -3.57. The van der Waals surface area contributed by atoms with Crippen LogP contribution >= 0.6 is 11.8 Å². The van der Waals surface area contributed by atoms with Crippen LogP contribution in [0.15, 0.2) is 41.6 Å². The molecule has 0 atom stereocenters. The minimum absolute atomic E-state index is 0.205. The molecule has 11 heteroatoms. The number of nitrogens with zero attached hydrogens (tertiary/aromatic N) is 4. The zero-order valence-corrected chi connectivity index (χ0v) is 22.1. The van der Waals surface area contributed by atoms with Crippen LogP contribution in [0.2, 0.25) is 0 Å². The molecule has 3 aromatic rings. The largest absolute Gasteiger partial charge is 0.479 e. The summed E-state index contributed by atoms with van der Waals surface area (Å²) in [5.41, 5.74) is 2.73. The van der Waals surface area contributed by atoms with Gasteiger partial charge in [0.15, 0.2) is 5.75 Å².